The van der Waals surface area contributed by atoms with Gasteiger partial charge in [-0.3, -0.25) is 0 Å². The van der Waals surface area contributed by atoms with E-state index in [9.17, 15) is 5.11 Å². The lowest BCUT2D eigenvalue weighted by Crippen LogP contribution is -2.10. The Bertz CT molecular complexity index is 187. The fourth-order valence-corrected chi connectivity index (χ4v) is 2.10. The fourth-order valence-electron chi connectivity index (χ4n) is 2.10. The first-order valence-corrected chi connectivity index (χ1v) is 5.40. The lowest BCUT2D eigenvalue weighted by atomic mass is 9.94. The van der Waals surface area contributed by atoms with Crippen molar-refractivity contribution in [1.29, 1.82) is 0 Å². The molecule has 1 N–H and O–H groups in total. The van der Waals surface area contributed by atoms with Crippen molar-refractivity contribution in [3.05, 3.63) is 0 Å². The Hall–Kier alpha value is -0.480. The Kier molecular flexibility index (Phi) is 4.93. The van der Waals surface area contributed by atoms with E-state index in [1.54, 1.807) is 0 Å². The number of aliphatic hydroxyl groups excluding tert-OH is 1. The maximum atomic E-state index is 9.58. The molecule has 13 heavy (non-hydrogen) atoms. The van der Waals surface area contributed by atoms with Crippen LogP contribution in [-0.4, -0.2) is 11.2 Å². The van der Waals surface area contributed by atoms with Crippen LogP contribution in [-0.2, 0) is 0 Å². The van der Waals surface area contributed by atoms with E-state index in [2.05, 4.69) is 11.8 Å². The van der Waals surface area contributed by atoms with E-state index in [-0.39, 0.29) is 6.10 Å². The number of aliphatic hydroxyl groups is 1. The van der Waals surface area contributed by atoms with Gasteiger partial charge in [0, 0.05) is 6.42 Å². The molecule has 74 valence electrons. The third-order valence-corrected chi connectivity index (χ3v) is 2.86. The molecule has 1 saturated carbocycles. The first-order chi connectivity index (χ1) is 6.33. The minimum Gasteiger partial charge on any atom is -0.393 e. The average Bonchev–Trinajstić information content (AvgIpc) is 2.31. The summed E-state index contributed by atoms with van der Waals surface area (Å²) >= 11 is 0. The van der Waals surface area contributed by atoms with E-state index in [0.29, 0.717) is 0 Å². The van der Waals surface area contributed by atoms with Crippen LogP contribution < -0.4 is 0 Å². The Morgan fingerprint density at radius 2 is 2.08 bits per heavy atom. The third-order valence-electron chi connectivity index (χ3n) is 2.86. The van der Waals surface area contributed by atoms with E-state index in [0.717, 1.165) is 25.2 Å². The summed E-state index contributed by atoms with van der Waals surface area (Å²) in [5.41, 5.74) is 0. The van der Waals surface area contributed by atoms with Crippen molar-refractivity contribution >= 4 is 0 Å². The highest BCUT2D eigenvalue weighted by atomic mass is 16.3. The van der Waals surface area contributed by atoms with Crippen molar-refractivity contribution in [3.63, 3.8) is 0 Å². The molecule has 2 unspecified atom stereocenters. The number of rotatable bonds is 2. The van der Waals surface area contributed by atoms with Gasteiger partial charge in [0.15, 0.2) is 0 Å². The molecule has 0 aliphatic heterocycles. The van der Waals surface area contributed by atoms with Crippen LogP contribution in [0.3, 0.4) is 0 Å². The van der Waals surface area contributed by atoms with Gasteiger partial charge in [-0.15, -0.1) is 11.8 Å². The quantitative estimate of drug-likeness (QED) is 0.511. The Morgan fingerprint density at radius 1 is 1.31 bits per heavy atom. The molecular weight excluding hydrogens is 160 g/mol. The zero-order valence-corrected chi connectivity index (χ0v) is 8.55. The topological polar surface area (TPSA) is 20.2 Å². The van der Waals surface area contributed by atoms with Crippen molar-refractivity contribution in [3.8, 4) is 11.8 Å². The van der Waals surface area contributed by atoms with Gasteiger partial charge in [-0.2, -0.15) is 0 Å². The van der Waals surface area contributed by atoms with E-state index < -0.39 is 0 Å². The summed E-state index contributed by atoms with van der Waals surface area (Å²) in [5.74, 6) is 6.74. The van der Waals surface area contributed by atoms with Crippen LogP contribution >= 0.6 is 0 Å². The molecule has 0 radical (unpaired) electrons. The molecule has 1 aliphatic rings. The zero-order chi connectivity index (χ0) is 9.52. The molecule has 1 nitrogen and oxygen atoms in total. The molecule has 0 spiro atoms. The molecule has 0 bridgehead atoms. The second kappa shape index (κ2) is 6.05. The minimum absolute atomic E-state index is 0.0397. The molecule has 0 amide bonds. The van der Waals surface area contributed by atoms with Crippen LogP contribution in [0.1, 0.15) is 51.9 Å². The van der Waals surface area contributed by atoms with Gasteiger partial charge in [-0.25, -0.2) is 0 Å². The monoisotopic (exact) mass is 180 g/mol. The first kappa shape index (κ1) is 10.6. The largest absolute Gasteiger partial charge is 0.393 e. The lowest BCUT2D eigenvalue weighted by Gasteiger charge is -2.14. The molecule has 1 rings (SSSR count). The lowest BCUT2D eigenvalue weighted by molar-refractivity contribution is 0.139. The predicted molar refractivity (Wildman–Crippen MR) is 55.3 cm³/mol. The van der Waals surface area contributed by atoms with E-state index in [1.165, 1.54) is 25.7 Å². The van der Waals surface area contributed by atoms with E-state index >= 15 is 0 Å². The number of hydrogen-bond donors (Lipinski definition) is 1. The summed E-state index contributed by atoms with van der Waals surface area (Å²) < 4.78 is 0. The third kappa shape index (κ3) is 4.33. The van der Waals surface area contributed by atoms with Crippen molar-refractivity contribution < 1.29 is 5.11 Å². The second-order valence-electron chi connectivity index (χ2n) is 4.01. The first-order valence-electron chi connectivity index (χ1n) is 5.40. The standard InChI is InChI=1S/C12H20O/c1-2-3-4-7-11-8-5-6-9-12(13)10-11/h11-13H,4-10H2,1H3. The van der Waals surface area contributed by atoms with Gasteiger partial charge in [-0.05, 0) is 32.1 Å². The zero-order valence-electron chi connectivity index (χ0n) is 8.55. The van der Waals surface area contributed by atoms with Gasteiger partial charge in [0.05, 0.1) is 6.10 Å². The van der Waals surface area contributed by atoms with Crippen LogP contribution in [0.5, 0.6) is 0 Å². The molecule has 0 aromatic heterocycles. The van der Waals surface area contributed by atoms with Gasteiger partial charge < -0.3 is 5.11 Å². The van der Waals surface area contributed by atoms with Crippen LogP contribution in [0.2, 0.25) is 0 Å². The Labute approximate surface area is 81.5 Å². The van der Waals surface area contributed by atoms with Crippen LogP contribution in [0, 0.1) is 17.8 Å². The summed E-state index contributed by atoms with van der Waals surface area (Å²) in [5, 5.41) is 9.58. The highest BCUT2D eigenvalue weighted by Crippen LogP contribution is 2.26. The molecule has 1 aliphatic carbocycles. The van der Waals surface area contributed by atoms with Crippen LogP contribution in [0.25, 0.3) is 0 Å². The molecule has 0 aromatic carbocycles. The molecule has 0 saturated heterocycles. The predicted octanol–water partition coefficient (Wildman–Crippen LogP) is 2.73. The molecule has 0 aromatic rings. The minimum atomic E-state index is -0.0397. The fraction of sp³-hybridized carbons (Fsp3) is 0.833. The summed E-state index contributed by atoms with van der Waals surface area (Å²) in [4.78, 5) is 0. The normalized spacial score (nSPS) is 28.8. The van der Waals surface area contributed by atoms with Crippen molar-refractivity contribution in [2.75, 3.05) is 0 Å². The molecule has 0 heterocycles. The van der Waals surface area contributed by atoms with Crippen molar-refractivity contribution in [1.82, 2.24) is 0 Å². The van der Waals surface area contributed by atoms with Gasteiger partial charge >= 0.3 is 0 Å². The molecular formula is C12H20O. The maximum Gasteiger partial charge on any atom is 0.0542 e. The van der Waals surface area contributed by atoms with Crippen LogP contribution in [0.15, 0.2) is 0 Å². The highest BCUT2D eigenvalue weighted by molar-refractivity contribution is 4.95. The second-order valence-corrected chi connectivity index (χ2v) is 4.01. The molecule has 1 fully saturated rings. The number of hydrogen-bond acceptors (Lipinski definition) is 1. The summed E-state index contributed by atoms with van der Waals surface area (Å²) in [6, 6.07) is 0. The van der Waals surface area contributed by atoms with E-state index in [1.807, 2.05) is 6.92 Å². The van der Waals surface area contributed by atoms with Gasteiger partial charge in [0.1, 0.15) is 0 Å². The SMILES string of the molecule is CC#CCCC1CCCCC(O)C1. The van der Waals surface area contributed by atoms with Gasteiger partial charge in [-0.1, -0.05) is 19.3 Å². The summed E-state index contributed by atoms with van der Waals surface area (Å²) in [7, 11) is 0. The van der Waals surface area contributed by atoms with E-state index in [4.69, 9.17) is 0 Å². The Morgan fingerprint density at radius 3 is 2.85 bits per heavy atom. The van der Waals surface area contributed by atoms with Gasteiger partial charge in [0.25, 0.3) is 0 Å². The summed E-state index contributed by atoms with van der Waals surface area (Å²) in [6.45, 7) is 1.89. The van der Waals surface area contributed by atoms with Gasteiger partial charge in [0.2, 0.25) is 0 Å². The summed E-state index contributed by atoms with van der Waals surface area (Å²) in [6.07, 6.45) is 7.95. The highest BCUT2D eigenvalue weighted by Gasteiger charge is 2.17. The van der Waals surface area contributed by atoms with Crippen LogP contribution in [0.4, 0.5) is 0 Å². The van der Waals surface area contributed by atoms with Crippen molar-refractivity contribution in [2.45, 2.75) is 58.0 Å². The maximum absolute atomic E-state index is 9.58. The average molecular weight is 180 g/mol. The molecule has 2 atom stereocenters. The Balaban J connectivity index is 2.25. The molecule has 1 heteroatoms. The van der Waals surface area contributed by atoms with Crippen molar-refractivity contribution in [2.24, 2.45) is 5.92 Å². The smallest absolute Gasteiger partial charge is 0.0542 e.